The van der Waals surface area contributed by atoms with E-state index in [2.05, 4.69) is 5.32 Å². The van der Waals surface area contributed by atoms with Crippen LogP contribution in [0.4, 0.5) is 4.39 Å². The van der Waals surface area contributed by atoms with Crippen LogP contribution in [0.25, 0.3) is 0 Å². The van der Waals surface area contributed by atoms with Crippen molar-refractivity contribution < 1.29 is 75.9 Å². The van der Waals surface area contributed by atoms with Gasteiger partial charge in [0.1, 0.15) is 6.67 Å². The van der Waals surface area contributed by atoms with Gasteiger partial charge in [-0.25, -0.2) is 4.39 Å². The Kier molecular flexibility index (Phi) is 40.2. The van der Waals surface area contributed by atoms with Crippen molar-refractivity contribution >= 4 is 11.9 Å². The minimum atomic E-state index is -0.986. The van der Waals surface area contributed by atoms with Gasteiger partial charge in [0, 0.05) is 19.6 Å². The molecule has 0 radical (unpaired) electrons. The number of alkyl halides is 1. The standard InChI is InChI=1S/C31H60FNO15/c32-4-7-38-9-11-40-13-15-42-17-19-44-21-23-46-25-27-48-29-28-47-26-24-45-22-20-43-18-16-41-14-12-39-10-8-37-6-1-5-33-30(34)2-3-31(35)36/h1-29H2,(H,33,34)(H,35,36). The highest BCUT2D eigenvalue weighted by molar-refractivity contribution is 5.80. The number of carboxylic acids is 1. The number of carboxylic acid groups (broad SMARTS) is 1. The molecule has 0 saturated carbocycles. The van der Waals surface area contributed by atoms with Crippen molar-refractivity contribution in [1.29, 1.82) is 0 Å². The lowest BCUT2D eigenvalue weighted by Gasteiger charge is -2.09. The van der Waals surface area contributed by atoms with E-state index in [1.54, 1.807) is 0 Å². The van der Waals surface area contributed by atoms with E-state index in [-0.39, 0.29) is 25.4 Å². The largest absolute Gasteiger partial charge is 0.481 e. The molecule has 17 heteroatoms. The smallest absolute Gasteiger partial charge is 0.303 e. The second-order valence-electron chi connectivity index (χ2n) is 9.63. The molecule has 0 unspecified atom stereocenters. The summed E-state index contributed by atoms with van der Waals surface area (Å²) in [5.74, 6) is -1.26. The van der Waals surface area contributed by atoms with E-state index in [9.17, 15) is 14.0 Å². The maximum atomic E-state index is 11.8. The van der Waals surface area contributed by atoms with Crippen LogP contribution in [0.5, 0.6) is 0 Å². The van der Waals surface area contributed by atoms with Gasteiger partial charge in [-0.2, -0.15) is 0 Å². The molecule has 0 aliphatic heterocycles. The van der Waals surface area contributed by atoms with Gasteiger partial charge in [0.25, 0.3) is 0 Å². The van der Waals surface area contributed by atoms with Crippen molar-refractivity contribution in [2.24, 2.45) is 0 Å². The number of carbonyl (C=O) groups is 2. The van der Waals surface area contributed by atoms with E-state index in [0.29, 0.717) is 165 Å². The monoisotopic (exact) mass is 705 g/mol. The molecule has 16 nitrogen and oxygen atoms in total. The Balaban J connectivity index is 3.08. The Morgan fingerprint density at radius 3 is 0.896 bits per heavy atom. The Hall–Kier alpha value is -1.61. The van der Waals surface area contributed by atoms with E-state index in [4.69, 9.17) is 61.9 Å². The Morgan fingerprint density at radius 1 is 0.396 bits per heavy atom. The molecule has 0 heterocycles. The fraction of sp³-hybridized carbons (Fsp3) is 0.935. The lowest BCUT2D eigenvalue weighted by atomic mass is 10.3. The summed E-state index contributed by atoms with van der Waals surface area (Å²) in [5, 5.41) is 11.2. The summed E-state index contributed by atoms with van der Waals surface area (Å²) in [6.45, 7) is 10.8. The number of amides is 1. The van der Waals surface area contributed by atoms with E-state index in [1.165, 1.54) is 0 Å². The Labute approximate surface area is 284 Å². The normalized spacial score (nSPS) is 11.4. The Bertz CT molecular complexity index is 669. The number of ether oxygens (including phenoxy) is 12. The quantitative estimate of drug-likeness (QED) is 0.0840. The molecule has 0 atom stereocenters. The van der Waals surface area contributed by atoms with Crippen LogP contribution in [0, 0.1) is 0 Å². The third-order valence-corrected chi connectivity index (χ3v) is 5.67. The predicted molar refractivity (Wildman–Crippen MR) is 170 cm³/mol. The van der Waals surface area contributed by atoms with Gasteiger partial charge in [0.2, 0.25) is 5.91 Å². The molecule has 0 aromatic rings. The minimum absolute atomic E-state index is 0.0133. The first-order chi connectivity index (χ1) is 23.7. The highest BCUT2D eigenvalue weighted by Gasteiger charge is 2.04. The number of aliphatic carboxylic acids is 1. The van der Waals surface area contributed by atoms with Crippen LogP contribution in [-0.4, -0.2) is 189 Å². The van der Waals surface area contributed by atoms with Gasteiger partial charge >= 0.3 is 5.97 Å². The average molecular weight is 706 g/mol. The highest BCUT2D eigenvalue weighted by Crippen LogP contribution is 1.90. The molecular formula is C31H60FNO15. The van der Waals surface area contributed by atoms with Crippen molar-refractivity contribution in [2.45, 2.75) is 19.3 Å². The molecule has 0 bridgehead atoms. The van der Waals surface area contributed by atoms with E-state index in [0.717, 1.165) is 0 Å². The number of rotatable bonds is 42. The lowest BCUT2D eigenvalue weighted by molar-refractivity contribution is -0.138. The number of halogens is 1. The van der Waals surface area contributed by atoms with E-state index < -0.39 is 12.6 Å². The van der Waals surface area contributed by atoms with Crippen molar-refractivity contribution in [3.05, 3.63) is 0 Å². The average Bonchev–Trinajstić information content (AvgIpc) is 3.08. The molecule has 286 valence electrons. The van der Waals surface area contributed by atoms with Crippen LogP contribution < -0.4 is 5.32 Å². The summed E-state index contributed by atoms with van der Waals surface area (Å²) in [5.41, 5.74) is 0. The van der Waals surface area contributed by atoms with Gasteiger partial charge in [0.15, 0.2) is 0 Å². The highest BCUT2D eigenvalue weighted by atomic mass is 19.1. The summed E-state index contributed by atoms with van der Waals surface area (Å²) in [6, 6.07) is 0. The molecule has 0 aromatic heterocycles. The number of nitrogens with one attached hydrogen (secondary N) is 1. The van der Waals surface area contributed by atoms with Crippen LogP contribution in [0.3, 0.4) is 0 Å². The van der Waals surface area contributed by atoms with E-state index in [1.807, 2.05) is 0 Å². The molecule has 0 fully saturated rings. The SMILES string of the molecule is O=C(O)CCC(=O)NCCCOCCOCCOCCOCCOCCOCCOCCOCCOCCOCCOCCOCCF. The zero-order chi connectivity index (χ0) is 34.9. The molecule has 0 spiro atoms. The minimum Gasteiger partial charge on any atom is -0.481 e. The van der Waals surface area contributed by atoms with Crippen molar-refractivity contribution in [3.8, 4) is 0 Å². The topological polar surface area (TPSA) is 177 Å². The fourth-order valence-electron chi connectivity index (χ4n) is 3.29. The number of hydrogen-bond acceptors (Lipinski definition) is 14. The number of carbonyl (C=O) groups excluding carboxylic acids is 1. The zero-order valence-electron chi connectivity index (χ0n) is 28.5. The molecule has 48 heavy (non-hydrogen) atoms. The van der Waals surface area contributed by atoms with Gasteiger partial charge in [-0.1, -0.05) is 0 Å². The lowest BCUT2D eigenvalue weighted by Crippen LogP contribution is -2.25. The van der Waals surface area contributed by atoms with Crippen LogP contribution >= 0.6 is 0 Å². The molecule has 1 amide bonds. The molecular weight excluding hydrogens is 645 g/mol. The molecule has 0 aliphatic rings. The molecule has 2 N–H and O–H groups in total. The maximum Gasteiger partial charge on any atom is 0.303 e. The summed E-state index contributed by atoms with van der Waals surface area (Å²) >= 11 is 0. The first-order valence-electron chi connectivity index (χ1n) is 16.6. The van der Waals surface area contributed by atoms with Crippen LogP contribution in [0.1, 0.15) is 19.3 Å². The van der Waals surface area contributed by atoms with Crippen molar-refractivity contribution in [3.63, 3.8) is 0 Å². The van der Waals surface area contributed by atoms with Crippen LogP contribution in [0.2, 0.25) is 0 Å². The van der Waals surface area contributed by atoms with Crippen LogP contribution in [-0.2, 0) is 66.4 Å². The number of hydrogen-bond donors (Lipinski definition) is 2. The Morgan fingerprint density at radius 2 is 0.646 bits per heavy atom. The van der Waals surface area contributed by atoms with Gasteiger partial charge in [-0.05, 0) is 6.42 Å². The van der Waals surface area contributed by atoms with Gasteiger partial charge in [-0.3, -0.25) is 9.59 Å². The molecule has 0 rings (SSSR count). The summed E-state index contributed by atoms with van der Waals surface area (Å²) in [6.07, 6.45) is 0.467. The van der Waals surface area contributed by atoms with Crippen molar-refractivity contribution in [2.75, 3.05) is 172 Å². The zero-order valence-corrected chi connectivity index (χ0v) is 28.5. The second-order valence-corrected chi connectivity index (χ2v) is 9.63. The molecule has 0 aliphatic carbocycles. The first-order valence-corrected chi connectivity index (χ1v) is 16.6. The maximum absolute atomic E-state index is 11.8. The third-order valence-electron chi connectivity index (χ3n) is 5.67. The van der Waals surface area contributed by atoms with E-state index >= 15 is 0 Å². The third kappa shape index (κ3) is 42.4. The predicted octanol–water partition coefficient (Wildman–Crippen LogP) is 0.526. The second kappa shape index (κ2) is 41.6. The van der Waals surface area contributed by atoms with Crippen LogP contribution in [0.15, 0.2) is 0 Å². The molecule has 0 aromatic carbocycles. The van der Waals surface area contributed by atoms with Gasteiger partial charge < -0.3 is 67.3 Å². The molecule has 0 saturated heterocycles. The van der Waals surface area contributed by atoms with Crippen molar-refractivity contribution in [1.82, 2.24) is 5.32 Å². The first kappa shape index (κ1) is 46.4. The fourth-order valence-corrected chi connectivity index (χ4v) is 3.29. The summed E-state index contributed by atoms with van der Waals surface area (Å²) < 4.78 is 76.4. The van der Waals surface area contributed by atoms with Gasteiger partial charge in [-0.15, -0.1) is 0 Å². The summed E-state index contributed by atoms with van der Waals surface area (Å²) in [4.78, 5) is 21.8. The summed E-state index contributed by atoms with van der Waals surface area (Å²) in [7, 11) is 0. The van der Waals surface area contributed by atoms with Gasteiger partial charge in [0.05, 0.1) is 158 Å².